The monoisotopic (exact) mass is 374 g/mol. The highest BCUT2D eigenvalue weighted by molar-refractivity contribution is 7.80. The zero-order chi connectivity index (χ0) is 17.6. The van der Waals surface area contributed by atoms with Gasteiger partial charge >= 0.3 is 0 Å². The number of ether oxygens (including phenoxy) is 1. The van der Waals surface area contributed by atoms with Crippen molar-refractivity contribution in [3.63, 3.8) is 0 Å². The van der Waals surface area contributed by atoms with Crippen LogP contribution in [-0.2, 0) is 0 Å². The summed E-state index contributed by atoms with van der Waals surface area (Å²) in [6.07, 6.45) is 6.36. The Bertz CT molecular complexity index is 681. The molecule has 0 aliphatic heterocycles. The maximum absolute atomic E-state index is 5.85. The van der Waals surface area contributed by atoms with Crippen molar-refractivity contribution in [1.82, 2.24) is 4.90 Å². The minimum absolute atomic E-state index is 0.286. The first-order valence-electron chi connectivity index (χ1n) is 8.96. The van der Waals surface area contributed by atoms with E-state index in [4.69, 9.17) is 17.0 Å². The van der Waals surface area contributed by atoms with Crippen molar-refractivity contribution in [2.45, 2.75) is 51.1 Å². The molecule has 1 aliphatic carbocycles. The summed E-state index contributed by atoms with van der Waals surface area (Å²) in [5.41, 5.74) is 0.975. The Morgan fingerprint density at radius 3 is 2.72 bits per heavy atom. The highest BCUT2D eigenvalue weighted by atomic mass is 32.1. The molecule has 0 bridgehead atoms. The molecule has 134 valence electrons. The number of anilines is 1. The summed E-state index contributed by atoms with van der Waals surface area (Å²) in [6, 6.07) is 13.1. The van der Waals surface area contributed by atoms with Gasteiger partial charge in [-0.2, -0.15) is 0 Å². The number of benzene rings is 1. The van der Waals surface area contributed by atoms with Crippen LogP contribution in [-0.4, -0.2) is 23.2 Å². The third-order valence-corrected chi connectivity index (χ3v) is 6.25. The summed E-state index contributed by atoms with van der Waals surface area (Å²) in [4.78, 5) is 3.78. The van der Waals surface area contributed by atoms with Gasteiger partial charge in [0.2, 0.25) is 0 Å². The van der Waals surface area contributed by atoms with Crippen LogP contribution in [0.2, 0.25) is 0 Å². The number of hydrogen-bond donors (Lipinski definition) is 1. The molecule has 0 radical (unpaired) electrons. The minimum Gasteiger partial charge on any atom is -0.497 e. The summed E-state index contributed by atoms with van der Waals surface area (Å²) in [5.74, 6) is 0.836. The second-order valence-corrected chi connectivity index (χ2v) is 7.92. The molecule has 1 heterocycles. The van der Waals surface area contributed by atoms with E-state index in [0.29, 0.717) is 6.04 Å². The van der Waals surface area contributed by atoms with Crippen molar-refractivity contribution < 1.29 is 4.74 Å². The predicted octanol–water partition coefficient (Wildman–Crippen LogP) is 5.85. The molecular formula is C20H26N2OS2. The molecule has 1 aromatic heterocycles. The summed E-state index contributed by atoms with van der Waals surface area (Å²) in [6.45, 7) is 2.26. The van der Waals surface area contributed by atoms with Gasteiger partial charge < -0.3 is 15.0 Å². The van der Waals surface area contributed by atoms with E-state index in [1.165, 1.54) is 37.0 Å². The Labute approximate surface area is 160 Å². The van der Waals surface area contributed by atoms with Crippen molar-refractivity contribution in [2.75, 3.05) is 12.4 Å². The molecule has 0 unspecified atom stereocenters. The summed E-state index contributed by atoms with van der Waals surface area (Å²) >= 11 is 7.65. The molecule has 1 aliphatic rings. The van der Waals surface area contributed by atoms with Crippen molar-refractivity contribution in [3.8, 4) is 5.75 Å². The summed E-state index contributed by atoms with van der Waals surface area (Å²) < 4.78 is 5.32. The van der Waals surface area contributed by atoms with E-state index in [-0.39, 0.29) is 6.04 Å². The van der Waals surface area contributed by atoms with Gasteiger partial charge in [0.1, 0.15) is 5.75 Å². The predicted molar refractivity (Wildman–Crippen MR) is 111 cm³/mol. The van der Waals surface area contributed by atoms with Gasteiger partial charge in [0.05, 0.1) is 13.2 Å². The number of thiophene rings is 1. The molecule has 5 heteroatoms. The van der Waals surface area contributed by atoms with Gasteiger partial charge in [-0.15, -0.1) is 11.3 Å². The molecular weight excluding hydrogens is 348 g/mol. The fourth-order valence-corrected chi connectivity index (χ4v) is 4.78. The first kappa shape index (κ1) is 18.2. The van der Waals surface area contributed by atoms with E-state index in [2.05, 4.69) is 34.7 Å². The van der Waals surface area contributed by atoms with Crippen molar-refractivity contribution in [1.29, 1.82) is 0 Å². The summed E-state index contributed by atoms with van der Waals surface area (Å²) in [5, 5.41) is 6.39. The molecule has 1 N–H and O–H groups in total. The third kappa shape index (κ3) is 4.53. The summed E-state index contributed by atoms with van der Waals surface area (Å²) in [7, 11) is 1.69. The Hall–Kier alpha value is -1.59. The largest absolute Gasteiger partial charge is 0.497 e. The van der Waals surface area contributed by atoms with Gasteiger partial charge in [0.25, 0.3) is 0 Å². The molecule has 3 nitrogen and oxygen atoms in total. The van der Waals surface area contributed by atoms with E-state index in [0.717, 1.165) is 16.5 Å². The SMILES string of the molecule is COc1cccc(NC(=S)N(C2CCCCC2)[C@H](C)c2cccs2)c1. The highest BCUT2D eigenvalue weighted by Crippen LogP contribution is 2.33. The maximum Gasteiger partial charge on any atom is 0.174 e. The van der Waals surface area contributed by atoms with E-state index >= 15 is 0 Å². The van der Waals surface area contributed by atoms with Crippen LogP contribution in [0, 0.1) is 0 Å². The topological polar surface area (TPSA) is 24.5 Å². The Morgan fingerprint density at radius 2 is 2.04 bits per heavy atom. The Morgan fingerprint density at radius 1 is 1.24 bits per heavy atom. The minimum atomic E-state index is 0.286. The lowest BCUT2D eigenvalue weighted by Gasteiger charge is -2.40. The van der Waals surface area contributed by atoms with E-state index in [1.54, 1.807) is 18.4 Å². The van der Waals surface area contributed by atoms with Gasteiger partial charge in [-0.3, -0.25) is 0 Å². The molecule has 2 aromatic rings. The van der Waals surface area contributed by atoms with Crippen LogP contribution >= 0.6 is 23.6 Å². The van der Waals surface area contributed by atoms with Crippen molar-refractivity contribution >= 4 is 34.4 Å². The van der Waals surface area contributed by atoms with E-state index in [1.807, 2.05) is 24.3 Å². The second-order valence-electron chi connectivity index (χ2n) is 6.55. The number of nitrogens with zero attached hydrogens (tertiary/aromatic N) is 1. The van der Waals surface area contributed by atoms with E-state index < -0.39 is 0 Å². The van der Waals surface area contributed by atoms with Crippen LogP contribution in [0.3, 0.4) is 0 Å². The van der Waals surface area contributed by atoms with Crippen LogP contribution in [0.1, 0.15) is 49.9 Å². The second kappa shape index (κ2) is 8.68. The molecule has 1 atom stereocenters. The maximum atomic E-state index is 5.85. The number of rotatable bonds is 5. The lowest BCUT2D eigenvalue weighted by atomic mass is 9.93. The fourth-order valence-electron chi connectivity index (χ4n) is 3.57. The smallest absolute Gasteiger partial charge is 0.174 e. The molecule has 25 heavy (non-hydrogen) atoms. The molecule has 0 spiro atoms. The standard InChI is InChI=1S/C20H26N2OS2/c1-15(19-12-7-13-25-19)22(17-9-4-3-5-10-17)20(24)21-16-8-6-11-18(14-16)23-2/h6-8,11-15,17H,3-5,9-10H2,1-2H3,(H,21,24)/t15-/m1/s1. The fraction of sp³-hybridized carbons (Fsp3) is 0.450. The lowest BCUT2D eigenvalue weighted by Crippen LogP contribution is -2.45. The number of thiocarbonyl (C=S) groups is 1. The molecule has 1 saturated carbocycles. The van der Waals surface area contributed by atoms with Gasteiger partial charge in [-0.05, 0) is 55.6 Å². The van der Waals surface area contributed by atoms with E-state index in [9.17, 15) is 0 Å². The molecule has 3 rings (SSSR count). The normalized spacial score (nSPS) is 16.2. The average molecular weight is 375 g/mol. The molecule has 0 amide bonds. The quantitative estimate of drug-likeness (QED) is 0.664. The van der Waals surface area contributed by atoms with Crippen molar-refractivity contribution in [3.05, 3.63) is 46.7 Å². The van der Waals surface area contributed by atoms with Gasteiger partial charge in [0, 0.05) is 22.7 Å². The lowest BCUT2D eigenvalue weighted by molar-refractivity contribution is 0.205. The van der Waals surface area contributed by atoms with Crippen LogP contribution in [0.4, 0.5) is 5.69 Å². The Kier molecular flexibility index (Phi) is 6.32. The number of hydrogen-bond acceptors (Lipinski definition) is 3. The van der Waals surface area contributed by atoms with Gasteiger partial charge in [-0.25, -0.2) is 0 Å². The van der Waals surface area contributed by atoms with Gasteiger partial charge in [-0.1, -0.05) is 31.4 Å². The number of methoxy groups -OCH3 is 1. The van der Waals surface area contributed by atoms with Gasteiger partial charge in [0.15, 0.2) is 5.11 Å². The zero-order valence-corrected chi connectivity index (χ0v) is 16.5. The molecule has 0 saturated heterocycles. The highest BCUT2D eigenvalue weighted by Gasteiger charge is 2.28. The van der Waals surface area contributed by atoms with Crippen LogP contribution < -0.4 is 10.1 Å². The third-order valence-electron chi connectivity index (χ3n) is 4.90. The van der Waals surface area contributed by atoms with Crippen LogP contribution in [0.15, 0.2) is 41.8 Å². The first-order chi connectivity index (χ1) is 12.2. The zero-order valence-electron chi connectivity index (χ0n) is 14.9. The van der Waals surface area contributed by atoms with Crippen molar-refractivity contribution in [2.24, 2.45) is 0 Å². The average Bonchev–Trinajstić information content (AvgIpc) is 3.17. The van der Waals surface area contributed by atoms with Crippen LogP contribution in [0.25, 0.3) is 0 Å². The molecule has 1 fully saturated rings. The molecule has 1 aromatic carbocycles. The first-order valence-corrected chi connectivity index (χ1v) is 10.2. The Balaban J connectivity index is 1.80. The van der Waals surface area contributed by atoms with Crippen LogP contribution in [0.5, 0.6) is 5.75 Å². The number of nitrogens with one attached hydrogen (secondary N) is 1.